The van der Waals surface area contributed by atoms with Gasteiger partial charge in [0.2, 0.25) is 0 Å². The molecule has 0 bridgehead atoms. The minimum Gasteiger partial charge on any atom is -0.378 e. The molecular formula is C13H13BrN2OS. The number of benzene rings is 1. The van der Waals surface area contributed by atoms with Crippen LogP contribution in [0.3, 0.4) is 0 Å². The first-order chi connectivity index (χ1) is 8.70. The maximum absolute atomic E-state index is 5.23. The molecule has 0 amide bonds. The van der Waals surface area contributed by atoms with Gasteiger partial charge < -0.3 is 9.72 Å². The molecule has 1 heterocycles. The van der Waals surface area contributed by atoms with Crippen LogP contribution in [0.4, 0.5) is 0 Å². The fourth-order valence-electron chi connectivity index (χ4n) is 1.67. The van der Waals surface area contributed by atoms with Crippen LogP contribution < -0.4 is 0 Å². The van der Waals surface area contributed by atoms with Crippen LogP contribution in [0.15, 0.2) is 34.8 Å². The van der Waals surface area contributed by atoms with E-state index in [2.05, 4.69) is 38.0 Å². The Bertz CT molecular complexity index is 583. The molecule has 0 aliphatic rings. The summed E-state index contributed by atoms with van der Waals surface area (Å²) in [5.74, 6) is 0.849. The Morgan fingerprint density at radius 3 is 2.72 bits per heavy atom. The zero-order valence-electron chi connectivity index (χ0n) is 9.94. The third-order valence-corrected chi connectivity index (χ3v) is 3.90. The van der Waals surface area contributed by atoms with Gasteiger partial charge in [0, 0.05) is 13.5 Å². The molecule has 1 N–H and O–H groups in total. The molecule has 0 aliphatic heterocycles. The van der Waals surface area contributed by atoms with Crippen LogP contribution in [0.5, 0.6) is 0 Å². The second-order valence-corrected chi connectivity index (χ2v) is 5.06. The lowest BCUT2D eigenvalue weighted by Gasteiger charge is -2.08. The van der Waals surface area contributed by atoms with Crippen molar-refractivity contribution < 1.29 is 4.74 Å². The third kappa shape index (κ3) is 3.25. The van der Waals surface area contributed by atoms with E-state index in [1.807, 2.05) is 18.2 Å². The molecule has 5 heteroatoms. The highest BCUT2D eigenvalue weighted by molar-refractivity contribution is 9.10. The Labute approximate surface area is 119 Å². The van der Waals surface area contributed by atoms with Crippen molar-refractivity contribution in [3.63, 3.8) is 0 Å². The predicted octanol–water partition coefficient (Wildman–Crippen LogP) is 3.64. The molecular weight excluding hydrogens is 312 g/mol. The Kier molecular flexibility index (Phi) is 4.63. The average molecular weight is 325 g/mol. The minimum atomic E-state index is 0.481. The number of H-pyrrole nitrogens is 1. The van der Waals surface area contributed by atoms with Crippen molar-refractivity contribution in [3.8, 4) is 0 Å². The largest absolute Gasteiger partial charge is 0.378 e. The van der Waals surface area contributed by atoms with Gasteiger partial charge in [0.15, 0.2) is 0 Å². The summed E-state index contributed by atoms with van der Waals surface area (Å²) in [7, 11) is 1.65. The molecule has 2 aromatic rings. The quantitative estimate of drug-likeness (QED) is 0.872. The van der Waals surface area contributed by atoms with Crippen molar-refractivity contribution in [2.75, 3.05) is 7.11 Å². The normalized spacial score (nSPS) is 10.6. The molecule has 0 saturated carbocycles. The van der Waals surface area contributed by atoms with E-state index in [4.69, 9.17) is 17.0 Å². The Morgan fingerprint density at radius 1 is 1.33 bits per heavy atom. The molecule has 0 spiro atoms. The van der Waals surface area contributed by atoms with Gasteiger partial charge in [0.1, 0.15) is 10.5 Å². The zero-order chi connectivity index (χ0) is 13.0. The van der Waals surface area contributed by atoms with E-state index in [0.29, 0.717) is 11.2 Å². The van der Waals surface area contributed by atoms with Crippen molar-refractivity contribution >= 4 is 28.1 Å². The zero-order valence-corrected chi connectivity index (χ0v) is 12.3. The molecule has 1 aromatic carbocycles. The number of hydrogen-bond donors (Lipinski definition) is 1. The van der Waals surface area contributed by atoms with E-state index in [0.717, 1.165) is 22.4 Å². The summed E-state index contributed by atoms with van der Waals surface area (Å²) in [6.45, 7) is 0.481. The highest BCUT2D eigenvalue weighted by Gasteiger charge is 2.06. The van der Waals surface area contributed by atoms with Crippen molar-refractivity contribution in [1.29, 1.82) is 0 Å². The van der Waals surface area contributed by atoms with Gasteiger partial charge in [0.05, 0.1) is 16.8 Å². The summed E-state index contributed by atoms with van der Waals surface area (Å²) in [6.07, 6.45) is 0.731. The SMILES string of the molecule is COCc1[nH]c(Cc2ccccc2)nc(=S)c1Br. The molecule has 1 aromatic heterocycles. The topological polar surface area (TPSA) is 37.9 Å². The highest BCUT2D eigenvalue weighted by Crippen LogP contribution is 2.17. The molecule has 0 fully saturated rings. The summed E-state index contributed by atoms with van der Waals surface area (Å²) in [5.41, 5.74) is 2.12. The van der Waals surface area contributed by atoms with Crippen LogP contribution in [0, 0.1) is 4.64 Å². The fraction of sp³-hybridized carbons (Fsp3) is 0.231. The van der Waals surface area contributed by atoms with E-state index >= 15 is 0 Å². The number of halogens is 1. The lowest BCUT2D eigenvalue weighted by atomic mass is 10.1. The summed E-state index contributed by atoms with van der Waals surface area (Å²) < 4.78 is 6.50. The van der Waals surface area contributed by atoms with Crippen LogP contribution >= 0.6 is 28.1 Å². The monoisotopic (exact) mass is 324 g/mol. The first-order valence-electron chi connectivity index (χ1n) is 5.51. The summed E-state index contributed by atoms with van der Waals surface area (Å²) in [6, 6.07) is 10.2. The number of nitrogens with one attached hydrogen (secondary N) is 1. The summed E-state index contributed by atoms with van der Waals surface area (Å²) >= 11 is 8.65. The van der Waals surface area contributed by atoms with Crippen molar-refractivity contribution in [3.05, 3.63) is 56.5 Å². The van der Waals surface area contributed by atoms with E-state index in [9.17, 15) is 0 Å². The lowest BCUT2D eigenvalue weighted by Crippen LogP contribution is -2.03. The van der Waals surface area contributed by atoms with Gasteiger partial charge in [-0.3, -0.25) is 0 Å². The van der Waals surface area contributed by atoms with Crippen LogP contribution in [0.2, 0.25) is 0 Å². The van der Waals surface area contributed by atoms with Crippen LogP contribution in [0.1, 0.15) is 17.1 Å². The summed E-state index contributed by atoms with van der Waals surface area (Å²) in [5, 5.41) is 0. The standard InChI is InChI=1S/C13H13BrN2OS/c1-17-8-10-12(14)13(18)16-11(15-10)7-9-5-3-2-4-6-9/h2-6H,7-8H2,1H3,(H,15,16,18). The van der Waals surface area contributed by atoms with Gasteiger partial charge in [-0.15, -0.1) is 0 Å². The third-order valence-electron chi connectivity index (χ3n) is 2.49. The molecule has 0 saturated heterocycles. The number of aromatic nitrogens is 2. The number of hydrogen-bond acceptors (Lipinski definition) is 3. The average Bonchev–Trinajstić information content (AvgIpc) is 2.37. The number of aromatic amines is 1. The Balaban J connectivity index is 2.32. The molecule has 3 nitrogen and oxygen atoms in total. The molecule has 0 radical (unpaired) electrons. The number of nitrogens with zero attached hydrogens (tertiary/aromatic N) is 1. The smallest absolute Gasteiger partial charge is 0.144 e. The number of rotatable bonds is 4. The maximum Gasteiger partial charge on any atom is 0.144 e. The second-order valence-electron chi connectivity index (χ2n) is 3.88. The fourth-order valence-corrected chi connectivity index (χ4v) is 2.21. The minimum absolute atomic E-state index is 0.481. The van der Waals surface area contributed by atoms with E-state index in [-0.39, 0.29) is 0 Å². The van der Waals surface area contributed by atoms with Gasteiger partial charge in [-0.05, 0) is 21.5 Å². The molecule has 18 heavy (non-hydrogen) atoms. The molecule has 94 valence electrons. The van der Waals surface area contributed by atoms with Gasteiger partial charge in [-0.2, -0.15) is 0 Å². The number of methoxy groups -OCH3 is 1. The van der Waals surface area contributed by atoms with E-state index in [1.54, 1.807) is 7.11 Å². The lowest BCUT2D eigenvalue weighted by molar-refractivity contribution is 0.180. The molecule has 2 rings (SSSR count). The first-order valence-corrected chi connectivity index (χ1v) is 6.71. The maximum atomic E-state index is 5.23. The van der Waals surface area contributed by atoms with Gasteiger partial charge >= 0.3 is 0 Å². The van der Waals surface area contributed by atoms with E-state index in [1.165, 1.54) is 5.56 Å². The highest BCUT2D eigenvalue weighted by atomic mass is 79.9. The predicted molar refractivity (Wildman–Crippen MR) is 77.1 cm³/mol. The Morgan fingerprint density at radius 2 is 2.06 bits per heavy atom. The molecule has 0 unspecified atom stereocenters. The van der Waals surface area contributed by atoms with Crippen LogP contribution in [-0.4, -0.2) is 17.1 Å². The summed E-state index contributed by atoms with van der Waals surface area (Å²) in [4.78, 5) is 7.62. The van der Waals surface area contributed by atoms with Gasteiger partial charge in [-0.1, -0.05) is 42.5 Å². The first kappa shape index (κ1) is 13.4. The second kappa shape index (κ2) is 6.22. The van der Waals surface area contributed by atoms with Gasteiger partial charge in [-0.25, -0.2) is 4.98 Å². The van der Waals surface area contributed by atoms with Crippen LogP contribution in [0.25, 0.3) is 0 Å². The van der Waals surface area contributed by atoms with Crippen molar-refractivity contribution in [2.24, 2.45) is 0 Å². The van der Waals surface area contributed by atoms with E-state index < -0.39 is 0 Å². The molecule has 0 atom stereocenters. The van der Waals surface area contributed by atoms with Crippen molar-refractivity contribution in [1.82, 2.24) is 9.97 Å². The van der Waals surface area contributed by atoms with Crippen LogP contribution in [-0.2, 0) is 17.8 Å². The van der Waals surface area contributed by atoms with Gasteiger partial charge in [0.25, 0.3) is 0 Å². The number of ether oxygens (including phenoxy) is 1. The molecule has 0 aliphatic carbocycles. The van der Waals surface area contributed by atoms with Crippen molar-refractivity contribution in [2.45, 2.75) is 13.0 Å². The Hall–Kier alpha value is -1.04.